The molecular weight excluding hydrogens is 434 g/mol. The lowest BCUT2D eigenvalue weighted by Gasteiger charge is -2.29. The van der Waals surface area contributed by atoms with Crippen molar-refractivity contribution in [3.63, 3.8) is 0 Å². The lowest BCUT2D eigenvalue weighted by atomic mass is 9.96. The highest BCUT2D eigenvalue weighted by atomic mass is 16.5. The molecule has 3 aromatic heterocycles. The topological polar surface area (TPSA) is 142 Å². The molecule has 0 aliphatic heterocycles. The Morgan fingerprint density at radius 3 is 2.82 bits per heavy atom. The van der Waals surface area contributed by atoms with Crippen LogP contribution in [0.2, 0.25) is 0 Å². The molecule has 184 valence electrons. The minimum atomic E-state index is -0.559. The summed E-state index contributed by atoms with van der Waals surface area (Å²) in [6.07, 6.45) is 6.20. The third-order valence-electron chi connectivity index (χ3n) is 5.84. The molecule has 3 aromatic rings. The van der Waals surface area contributed by atoms with Gasteiger partial charge in [0, 0.05) is 44.2 Å². The number of hydrogen-bond donors (Lipinski definition) is 4. The predicted molar refractivity (Wildman–Crippen MR) is 135 cm³/mol. The van der Waals surface area contributed by atoms with Gasteiger partial charge in [0.15, 0.2) is 5.82 Å². The fraction of sp³-hybridized carbons (Fsp3) is 0.500. The average Bonchev–Trinajstić information content (AvgIpc) is 2.82. The number of methoxy groups -OCH3 is 1. The highest BCUT2D eigenvalue weighted by molar-refractivity contribution is 5.89. The van der Waals surface area contributed by atoms with Gasteiger partial charge in [0.05, 0.1) is 24.3 Å². The zero-order valence-corrected chi connectivity index (χ0v) is 20.4. The third kappa shape index (κ3) is 6.28. The molecule has 0 saturated heterocycles. The van der Waals surface area contributed by atoms with Crippen molar-refractivity contribution in [2.45, 2.75) is 45.2 Å². The van der Waals surface area contributed by atoms with E-state index < -0.39 is 5.54 Å². The number of hydrogen-bond acceptors (Lipinski definition) is 9. The van der Waals surface area contributed by atoms with Gasteiger partial charge < -0.3 is 25.9 Å². The molecule has 0 amide bonds. The number of likely N-dealkylation sites (N-methyl/N-ethyl adjacent to an activating group) is 1. The van der Waals surface area contributed by atoms with E-state index in [2.05, 4.69) is 37.1 Å². The molecule has 10 nitrogen and oxygen atoms in total. The molecule has 0 unspecified atom stereocenters. The standard InChI is InChI=1S/C24H35N7O3/c1-5-6-7-24(2,15-32)30-22-21-19(28-23(25)29-22)10-16(12-27-21)18-11-20(33)26-13-17(18)14-31(3)8-9-34-4/h10-13,32H,5-9,14-15H2,1-4H3,(H,26,33)(H3,25,28,29,30)/t24-/m1/s1. The van der Waals surface area contributed by atoms with Crippen LogP contribution in [0.15, 0.2) is 29.3 Å². The number of rotatable bonds is 12. The molecule has 0 aliphatic rings. The Morgan fingerprint density at radius 1 is 1.32 bits per heavy atom. The van der Waals surface area contributed by atoms with E-state index in [1.165, 1.54) is 0 Å². The highest BCUT2D eigenvalue weighted by Gasteiger charge is 2.25. The normalized spacial score (nSPS) is 13.4. The summed E-state index contributed by atoms with van der Waals surface area (Å²) in [6, 6.07) is 3.43. The number of aromatic amines is 1. The summed E-state index contributed by atoms with van der Waals surface area (Å²) < 4.78 is 5.16. The molecule has 10 heteroatoms. The van der Waals surface area contributed by atoms with Gasteiger partial charge in [0.1, 0.15) is 5.52 Å². The van der Waals surface area contributed by atoms with Crippen molar-refractivity contribution in [2.75, 3.05) is 45.0 Å². The van der Waals surface area contributed by atoms with Gasteiger partial charge in [-0.25, -0.2) is 4.98 Å². The van der Waals surface area contributed by atoms with E-state index in [1.807, 2.05) is 20.0 Å². The third-order valence-corrected chi connectivity index (χ3v) is 5.84. The Bertz CT molecular complexity index is 1170. The van der Waals surface area contributed by atoms with Gasteiger partial charge >= 0.3 is 0 Å². The number of nitrogens with two attached hydrogens (primary N) is 1. The number of pyridine rings is 2. The summed E-state index contributed by atoms with van der Waals surface area (Å²) in [6.45, 7) is 6.00. The molecule has 0 fully saturated rings. The lowest BCUT2D eigenvalue weighted by molar-refractivity contribution is 0.158. The predicted octanol–water partition coefficient (Wildman–Crippen LogP) is 2.39. The van der Waals surface area contributed by atoms with Gasteiger partial charge in [0.2, 0.25) is 11.5 Å². The van der Waals surface area contributed by atoms with Crippen LogP contribution in [0.25, 0.3) is 22.2 Å². The van der Waals surface area contributed by atoms with Crippen molar-refractivity contribution in [3.8, 4) is 11.1 Å². The van der Waals surface area contributed by atoms with Crippen molar-refractivity contribution in [2.24, 2.45) is 0 Å². The van der Waals surface area contributed by atoms with Gasteiger partial charge in [0.25, 0.3) is 0 Å². The maximum Gasteiger partial charge on any atom is 0.248 e. The first-order valence-electron chi connectivity index (χ1n) is 11.5. The molecule has 3 heterocycles. The average molecular weight is 470 g/mol. The van der Waals surface area contributed by atoms with Crippen molar-refractivity contribution >= 4 is 22.8 Å². The number of fused-ring (bicyclic) bond motifs is 1. The summed E-state index contributed by atoms with van der Waals surface area (Å²) >= 11 is 0. The number of anilines is 2. The van der Waals surface area contributed by atoms with Crippen molar-refractivity contribution in [3.05, 3.63) is 40.4 Å². The van der Waals surface area contributed by atoms with E-state index in [9.17, 15) is 9.90 Å². The lowest BCUT2D eigenvalue weighted by Crippen LogP contribution is -2.39. The first kappa shape index (κ1) is 25.5. The monoisotopic (exact) mass is 469 g/mol. The van der Waals surface area contributed by atoms with Crippen LogP contribution in [0.1, 0.15) is 38.7 Å². The van der Waals surface area contributed by atoms with E-state index in [-0.39, 0.29) is 18.1 Å². The number of ether oxygens (including phenoxy) is 1. The zero-order chi connectivity index (χ0) is 24.7. The van der Waals surface area contributed by atoms with Crippen LogP contribution in [-0.4, -0.2) is 69.4 Å². The van der Waals surface area contributed by atoms with Crippen LogP contribution in [0.3, 0.4) is 0 Å². The second-order valence-corrected chi connectivity index (χ2v) is 8.94. The molecule has 0 radical (unpaired) electrons. The summed E-state index contributed by atoms with van der Waals surface area (Å²) in [7, 11) is 3.67. The van der Waals surface area contributed by atoms with Crippen LogP contribution >= 0.6 is 0 Å². The van der Waals surface area contributed by atoms with E-state index >= 15 is 0 Å². The van der Waals surface area contributed by atoms with E-state index in [0.717, 1.165) is 42.5 Å². The smallest absolute Gasteiger partial charge is 0.248 e. The van der Waals surface area contributed by atoms with Gasteiger partial charge in [-0.2, -0.15) is 4.98 Å². The molecule has 5 N–H and O–H groups in total. The molecule has 0 aromatic carbocycles. The van der Waals surface area contributed by atoms with Gasteiger partial charge in [-0.3, -0.25) is 14.7 Å². The molecule has 3 rings (SSSR count). The Kier molecular flexibility index (Phi) is 8.54. The molecular formula is C24H35N7O3. The Hall–Kier alpha value is -3.08. The van der Waals surface area contributed by atoms with Gasteiger partial charge in [-0.05, 0) is 37.6 Å². The van der Waals surface area contributed by atoms with Gasteiger partial charge in [-0.1, -0.05) is 19.8 Å². The molecule has 1 atom stereocenters. The summed E-state index contributed by atoms with van der Waals surface area (Å²) in [5, 5.41) is 13.3. The number of aliphatic hydroxyl groups is 1. The first-order valence-corrected chi connectivity index (χ1v) is 11.5. The Balaban J connectivity index is 2.01. The van der Waals surface area contributed by atoms with E-state index in [4.69, 9.17) is 10.5 Å². The molecule has 0 saturated carbocycles. The van der Waals surface area contributed by atoms with Crippen LogP contribution < -0.4 is 16.6 Å². The van der Waals surface area contributed by atoms with Crippen molar-refractivity contribution in [1.82, 2.24) is 24.8 Å². The van der Waals surface area contributed by atoms with Crippen molar-refractivity contribution in [1.29, 1.82) is 0 Å². The fourth-order valence-corrected chi connectivity index (χ4v) is 3.82. The zero-order valence-electron chi connectivity index (χ0n) is 20.4. The number of nitrogen functional groups attached to an aromatic ring is 1. The Morgan fingerprint density at radius 2 is 2.12 bits per heavy atom. The van der Waals surface area contributed by atoms with Crippen LogP contribution in [0.5, 0.6) is 0 Å². The molecule has 0 spiro atoms. The number of H-pyrrole nitrogens is 1. The molecule has 0 aliphatic carbocycles. The minimum Gasteiger partial charge on any atom is -0.394 e. The fourth-order valence-electron chi connectivity index (χ4n) is 3.82. The minimum absolute atomic E-state index is 0.0524. The number of aliphatic hydroxyl groups excluding tert-OH is 1. The first-order chi connectivity index (χ1) is 16.3. The van der Waals surface area contributed by atoms with E-state index in [0.29, 0.717) is 30.0 Å². The van der Waals surface area contributed by atoms with Crippen LogP contribution in [0, 0.1) is 0 Å². The molecule has 0 bridgehead atoms. The number of nitrogens with zero attached hydrogens (tertiary/aromatic N) is 4. The second kappa shape index (κ2) is 11.4. The Labute approximate surface area is 199 Å². The maximum atomic E-state index is 12.1. The van der Waals surface area contributed by atoms with Crippen LogP contribution in [-0.2, 0) is 11.3 Å². The number of nitrogens with one attached hydrogen (secondary N) is 2. The van der Waals surface area contributed by atoms with Gasteiger partial charge in [-0.15, -0.1) is 0 Å². The summed E-state index contributed by atoms with van der Waals surface area (Å²) in [5.41, 5.74) is 8.85. The maximum absolute atomic E-state index is 12.1. The summed E-state index contributed by atoms with van der Waals surface area (Å²) in [4.78, 5) is 30.4. The number of unbranched alkanes of at least 4 members (excludes halogenated alkanes) is 1. The largest absolute Gasteiger partial charge is 0.394 e. The summed E-state index contributed by atoms with van der Waals surface area (Å²) in [5.74, 6) is 0.585. The SMILES string of the molecule is CCCC[C@](C)(CO)Nc1nc(N)nc2cc(-c3cc(=O)[nH]cc3CN(C)CCOC)cnc12. The van der Waals surface area contributed by atoms with Crippen molar-refractivity contribution < 1.29 is 9.84 Å². The quantitative estimate of drug-likeness (QED) is 0.314. The second-order valence-electron chi connectivity index (χ2n) is 8.94. The molecule has 34 heavy (non-hydrogen) atoms. The number of aromatic nitrogens is 4. The van der Waals surface area contributed by atoms with E-state index in [1.54, 1.807) is 25.6 Å². The highest BCUT2D eigenvalue weighted by Crippen LogP contribution is 2.29. The van der Waals surface area contributed by atoms with Crippen LogP contribution in [0.4, 0.5) is 11.8 Å².